The highest BCUT2D eigenvalue weighted by Crippen LogP contribution is 2.24. The van der Waals surface area contributed by atoms with Gasteiger partial charge >= 0.3 is 17.9 Å². The number of benzene rings is 2. The Morgan fingerprint density at radius 3 is 1.31 bits per heavy atom. The minimum atomic E-state index is -1.32. The standard InChI is InChI=1S/C16H10N2O6S2/c19-13(20)7-1-8(14(21)22)4-11(3-7)17-18-12-5-9(15(23)24)2-10(6-12)16(25)26/h1-6H,(H,19,20)(H,21,22)(H,23,24)(H,25,26). The van der Waals surface area contributed by atoms with Crippen LogP contribution in [0.1, 0.15) is 36.6 Å². The second-order valence-electron chi connectivity index (χ2n) is 4.96. The van der Waals surface area contributed by atoms with Crippen LogP contribution in [-0.4, -0.2) is 37.4 Å². The fourth-order valence-corrected chi connectivity index (χ4v) is 2.19. The largest absolute Gasteiger partial charge is 0.478 e. The lowest BCUT2D eigenvalue weighted by molar-refractivity contribution is 0.0682. The van der Waals surface area contributed by atoms with E-state index in [2.05, 4.69) is 22.9 Å². The van der Waals surface area contributed by atoms with Crippen molar-refractivity contribution in [2.45, 2.75) is 0 Å². The minimum absolute atomic E-state index is 0.0157. The van der Waals surface area contributed by atoms with Crippen LogP contribution in [0.5, 0.6) is 0 Å². The second-order valence-corrected chi connectivity index (χ2v) is 6.12. The van der Waals surface area contributed by atoms with Crippen LogP contribution >= 0.6 is 24.8 Å². The third-order valence-corrected chi connectivity index (χ3v) is 3.60. The van der Waals surface area contributed by atoms with Crippen LogP contribution in [0.15, 0.2) is 46.6 Å². The molecule has 132 valence electrons. The number of azo groups is 1. The van der Waals surface area contributed by atoms with E-state index in [1.54, 1.807) is 0 Å². The predicted octanol–water partition coefficient (Wildman–Crippen LogP) is 3.80. The van der Waals surface area contributed by atoms with Crippen molar-refractivity contribution in [3.05, 3.63) is 58.7 Å². The lowest BCUT2D eigenvalue weighted by Gasteiger charge is -2.03. The molecular weight excluding hydrogens is 380 g/mol. The number of carboxylic acid groups (broad SMARTS) is 3. The number of carbonyl (C=O) groups is 3. The van der Waals surface area contributed by atoms with Crippen molar-refractivity contribution < 1.29 is 29.7 Å². The molecular formula is C16H10N2O6S2. The molecule has 2 aromatic rings. The maximum absolute atomic E-state index is 11.2. The summed E-state index contributed by atoms with van der Waals surface area (Å²) < 4.78 is 0.158. The van der Waals surface area contributed by atoms with E-state index in [1.807, 2.05) is 0 Å². The Kier molecular flexibility index (Phi) is 5.80. The molecule has 0 spiro atoms. The van der Waals surface area contributed by atoms with Gasteiger partial charge in [-0.1, -0.05) is 12.2 Å². The molecule has 0 aliphatic heterocycles. The van der Waals surface area contributed by atoms with Crippen LogP contribution in [0.4, 0.5) is 11.4 Å². The number of thiol groups is 1. The van der Waals surface area contributed by atoms with Crippen LogP contribution in [0.25, 0.3) is 0 Å². The lowest BCUT2D eigenvalue weighted by Crippen LogP contribution is -2.01. The highest BCUT2D eigenvalue weighted by Gasteiger charge is 2.12. The molecule has 2 rings (SSSR count). The number of hydrogen-bond donors (Lipinski definition) is 4. The molecule has 26 heavy (non-hydrogen) atoms. The van der Waals surface area contributed by atoms with Crippen LogP contribution in [0.3, 0.4) is 0 Å². The molecule has 0 amide bonds. The third-order valence-electron chi connectivity index (χ3n) is 3.10. The van der Waals surface area contributed by atoms with Gasteiger partial charge in [0.05, 0.1) is 32.3 Å². The minimum Gasteiger partial charge on any atom is -0.478 e. The third kappa shape index (κ3) is 4.71. The summed E-state index contributed by atoms with van der Waals surface area (Å²) in [4.78, 5) is 33.3. The molecule has 0 fully saturated rings. The normalized spacial score (nSPS) is 10.7. The highest BCUT2D eigenvalue weighted by molar-refractivity contribution is 8.11. The van der Waals surface area contributed by atoms with E-state index < -0.39 is 17.9 Å². The maximum atomic E-state index is 11.2. The zero-order valence-electron chi connectivity index (χ0n) is 12.8. The van der Waals surface area contributed by atoms with Gasteiger partial charge in [0.1, 0.15) is 0 Å². The molecule has 0 aromatic heterocycles. The summed E-state index contributed by atoms with van der Waals surface area (Å²) in [6.45, 7) is 0. The molecule has 0 aliphatic carbocycles. The van der Waals surface area contributed by atoms with Gasteiger partial charge < -0.3 is 15.3 Å². The molecule has 0 saturated heterocycles. The molecule has 8 nitrogen and oxygen atoms in total. The number of nitrogens with zero attached hydrogens (tertiary/aromatic N) is 2. The Hall–Kier alpha value is -3.11. The van der Waals surface area contributed by atoms with Crippen molar-refractivity contribution in [2.75, 3.05) is 0 Å². The topological polar surface area (TPSA) is 137 Å². The first-order valence-corrected chi connectivity index (χ1v) is 7.68. The van der Waals surface area contributed by atoms with Gasteiger partial charge in [0, 0.05) is 5.56 Å². The zero-order valence-corrected chi connectivity index (χ0v) is 14.5. The van der Waals surface area contributed by atoms with Crippen LogP contribution in [0.2, 0.25) is 0 Å². The van der Waals surface area contributed by atoms with E-state index in [4.69, 9.17) is 27.5 Å². The average Bonchev–Trinajstić information content (AvgIpc) is 2.59. The SMILES string of the molecule is O=C(O)c1cc(N=Nc2cc(C(=O)O)cc(C(=S)S)c2)cc(C(=O)O)c1. The summed E-state index contributed by atoms with van der Waals surface area (Å²) in [5.41, 5.74) is -0.154. The molecule has 2 aromatic carbocycles. The number of rotatable bonds is 6. The van der Waals surface area contributed by atoms with Crippen LogP contribution < -0.4 is 0 Å². The molecule has 0 bridgehead atoms. The van der Waals surface area contributed by atoms with Gasteiger partial charge in [0.2, 0.25) is 0 Å². The summed E-state index contributed by atoms with van der Waals surface area (Å²) in [7, 11) is 0. The molecule has 0 saturated carbocycles. The molecule has 0 aliphatic rings. The summed E-state index contributed by atoms with van der Waals surface area (Å²) in [5, 5.41) is 34.9. The van der Waals surface area contributed by atoms with E-state index in [0.29, 0.717) is 5.56 Å². The van der Waals surface area contributed by atoms with Gasteiger partial charge in [0.25, 0.3) is 0 Å². The van der Waals surface area contributed by atoms with E-state index >= 15 is 0 Å². The fourth-order valence-electron chi connectivity index (χ4n) is 1.95. The van der Waals surface area contributed by atoms with E-state index in [0.717, 1.165) is 18.2 Å². The number of carboxylic acids is 3. The van der Waals surface area contributed by atoms with E-state index in [1.165, 1.54) is 18.2 Å². The molecule has 10 heteroatoms. The lowest BCUT2D eigenvalue weighted by atomic mass is 10.1. The quantitative estimate of drug-likeness (QED) is 0.334. The summed E-state index contributed by atoms with van der Waals surface area (Å²) in [6.07, 6.45) is 0. The van der Waals surface area contributed by atoms with Crippen LogP contribution in [-0.2, 0) is 0 Å². The zero-order chi connectivity index (χ0) is 19.4. The van der Waals surface area contributed by atoms with Gasteiger partial charge in [0.15, 0.2) is 0 Å². The van der Waals surface area contributed by atoms with Crippen LogP contribution in [0, 0.1) is 0 Å². The molecule has 0 atom stereocenters. The van der Waals surface area contributed by atoms with Gasteiger partial charge in [-0.3, -0.25) is 0 Å². The van der Waals surface area contributed by atoms with Gasteiger partial charge in [-0.15, -0.1) is 12.6 Å². The maximum Gasteiger partial charge on any atom is 0.335 e. The Labute approximate surface area is 157 Å². The molecule has 0 radical (unpaired) electrons. The van der Waals surface area contributed by atoms with Gasteiger partial charge in [-0.25, -0.2) is 14.4 Å². The highest BCUT2D eigenvalue weighted by atomic mass is 32.1. The predicted molar refractivity (Wildman–Crippen MR) is 98.6 cm³/mol. The Morgan fingerprint density at radius 1 is 0.692 bits per heavy atom. The second kappa shape index (κ2) is 7.85. The number of hydrogen-bond acceptors (Lipinski definition) is 6. The molecule has 0 unspecified atom stereocenters. The van der Waals surface area contributed by atoms with Gasteiger partial charge in [-0.05, 0) is 36.4 Å². The fraction of sp³-hybridized carbons (Fsp3) is 0. The van der Waals surface area contributed by atoms with Crippen molar-refractivity contribution in [2.24, 2.45) is 10.2 Å². The Morgan fingerprint density at radius 2 is 1.00 bits per heavy atom. The first kappa shape index (κ1) is 19.2. The Bertz CT molecular complexity index is 829. The van der Waals surface area contributed by atoms with Crippen molar-refractivity contribution in [1.82, 2.24) is 0 Å². The van der Waals surface area contributed by atoms with E-state index in [9.17, 15) is 14.4 Å². The summed E-state index contributed by atoms with van der Waals surface area (Å²) in [6, 6.07) is 7.29. The number of thiocarbonyl (C=S) groups is 1. The smallest absolute Gasteiger partial charge is 0.335 e. The number of aromatic carboxylic acids is 3. The summed E-state index contributed by atoms with van der Waals surface area (Å²) >= 11 is 8.90. The monoisotopic (exact) mass is 390 g/mol. The first-order valence-electron chi connectivity index (χ1n) is 6.82. The van der Waals surface area contributed by atoms with Crippen molar-refractivity contribution >= 4 is 58.3 Å². The van der Waals surface area contributed by atoms with Crippen molar-refractivity contribution in [3.8, 4) is 0 Å². The van der Waals surface area contributed by atoms with Crippen molar-refractivity contribution in [3.63, 3.8) is 0 Å². The van der Waals surface area contributed by atoms with Crippen molar-refractivity contribution in [1.29, 1.82) is 0 Å². The van der Waals surface area contributed by atoms with E-state index in [-0.39, 0.29) is 32.3 Å². The molecule has 3 N–H and O–H groups in total. The summed E-state index contributed by atoms with van der Waals surface area (Å²) in [5.74, 6) is -3.84. The van der Waals surface area contributed by atoms with Gasteiger partial charge in [-0.2, -0.15) is 10.2 Å². The first-order chi connectivity index (χ1) is 12.2. The average molecular weight is 390 g/mol. The molecule has 0 heterocycles. The Balaban J connectivity index is 2.49.